The number of amides is 1. The number of imidazole rings is 1. The highest BCUT2D eigenvalue weighted by Gasteiger charge is 2.38. The van der Waals surface area contributed by atoms with Crippen LogP contribution >= 0.6 is 0 Å². The van der Waals surface area contributed by atoms with Crippen molar-refractivity contribution in [2.75, 3.05) is 19.6 Å². The van der Waals surface area contributed by atoms with Gasteiger partial charge in [0.1, 0.15) is 0 Å². The molecule has 3 aliphatic rings. The largest absolute Gasteiger partial charge is 0.348 e. The summed E-state index contributed by atoms with van der Waals surface area (Å²) in [6, 6.07) is 2.20. The number of nitrogens with one attached hydrogen (secondary N) is 1. The SMILES string of the molecule is CCn1nc(C(=O)N2C[C@H]3CC[C@@H]2CN(Cc2nc[nH]c2C)C3)cc1C. The Labute approximate surface area is 154 Å². The zero-order valence-corrected chi connectivity index (χ0v) is 15.9. The van der Waals surface area contributed by atoms with E-state index in [0.717, 1.165) is 56.2 Å². The Kier molecular flexibility index (Phi) is 4.56. The maximum Gasteiger partial charge on any atom is 0.274 e. The van der Waals surface area contributed by atoms with Gasteiger partial charge < -0.3 is 9.88 Å². The number of carbonyl (C=O) groups is 1. The molecule has 3 aliphatic heterocycles. The molecule has 1 N–H and O–H groups in total. The summed E-state index contributed by atoms with van der Waals surface area (Å²) in [6.45, 7) is 10.6. The van der Waals surface area contributed by atoms with Crippen molar-refractivity contribution >= 4 is 5.91 Å². The molecule has 140 valence electrons. The minimum atomic E-state index is 0.0906. The summed E-state index contributed by atoms with van der Waals surface area (Å²) < 4.78 is 1.90. The van der Waals surface area contributed by atoms with Crippen LogP contribution in [0.1, 0.15) is 47.3 Å². The Morgan fingerprint density at radius 2 is 2.12 bits per heavy atom. The number of H-pyrrole nitrogens is 1. The van der Waals surface area contributed by atoms with Crippen LogP contribution in [0.3, 0.4) is 0 Å². The van der Waals surface area contributed by atoms with Gasteiger partial charge in [0.05, 0.1) is 12.0 Å². The van der Waals surface area contributed by atoms with E-state index in [2.05, 4.69) is 38.7 Å². The summed E-state index contributed by atoms with van der Waals surface area (Å²) in [4.78, 5) is 25.3. The molecule has 3 saturated heterocycles. The zero-order valence-electron chi connectivity index (χ0n) is 15.9. The van der Waals surface area contributed by atoms with Crippen molar-refractivity contribution in [2.45, 2.75) is 52.7 Å². The first kappa shape index (κ1) is 17.3. The molecule has 0 spiro atoms. The van der Waals surface area contributed by atoms with Crippen LogP contribution in [0.2, 0.25) is 0 Å². The molecule has 3 fully saturated rings. The van der Waals surface area contributed by atoms with Gasteiger partial charge in [0.15, 0.2) is 5.69 Å². The molecule has 0 radical (unpaired) electrons. The maximum absolute atomic E-state index is 13.1. The monoisotopic (exact) mass is 356 g/mol. The number of hydrogen-bond donors (Lipinski definition) is 1. The van der Waals surface area contributed by atoms with E-state index in [4.69, 9.17) is 0 Å². The van der Waals surface area contributed by atoms with Crippen molar-refractivity contribution < 1.29 is 4.79 Å². The van der Waals surface area contributed by atoms with E-state index in [1.807, 2.05) is 17.7 Å². The number of nitrogens with zero attached hydrogens (tertiary/aromatic N) is 5. The number of aromatic amines is 1. The molecular formula is C19H28N6O. The zero-order chi connectivity index (χ0) is 18.3. The van der Waals surface area contributed by atoms with E-state index < -0.39 is 0 Å². The third kappa shape index (κ3) is 3.16. The molecule has 7 heteroatoms. The van der Waals surface area contributed by atoms with Gasteiger partial charge in [-0.05, 0) is 45.6 Å². The molecular weight excluding hydrogens is 328 g/mol. The van der Waals surface area contributed by atoms with Crippen molar-refractivity contribution in [1.29, 1.82) is 0 Å². The van der Waals surface area contributed by atoms with Crippen LogP contribution in [-0.4, -0.2) is 61.1 Å². The molecule has 2 bridgehead atoms. The van der Waals surface area contributed by atoms with Crippen LogP contribution in [0.25, 0.3) is 0 Å². The fourth-order valence-corrected chi connectivity index (χ4v) is 4.40. The van der Waals surface area contributed by atoms with Crippen molar-refractivity contribution in [3.63, 3.8) is 0 Å². The number of aryl methyl sites for hydroxylation is 3. The summed E-state index contributed by atoms with van der Waals surface area (Å²) in [5.41, 5.74) is 3.88. The van der Waals surface area contributed by atoms with E-state index in [-0.39, 0.29) is 11.9 Å². The number of hydrogen-bond acceptors (Lipinski definition) is 4. The Hall–Kier alpha value is -2.15. The van der Waals surface area contributed by atoms with Crippen LogP contribution in [0, 0.1) is 19.8 Å². The molecule has 0 aromatic carbocycles. The van der Waals surface area contributed by atoms with Crippen LogP contribution in [0.15, 0.2) is 12.4 Å². The van der Waals surface area contributed by atoms with Crippen molar-refractivity contribution in [3.05, 3.63) is 35.2 Å². The minimum Gasteiger partial charge on any atom is -0.348 e. The second-order valence-corrected chi connectivity index (χ2v) is 7.71. The maximum atomic E-state index is 13.1. The van der Waals surface area contributed by atoms with Gasteiger partial charge in [0.25, 0.3) is 5.91 Å². The van der Waals surface area contributed by atoms with Crippen molar-refractivity contribution in [1.82, 2.24) is 29.5 Å². The van der Waals surface area contributed by atoms with E-state index in [1.165, 1.54) is 6.42 Å². The van der Waals surface area contributed by atoms with Gasteiger partial charge in [-0.25, -0.2) is 4.98 Å². The Balaban J connectivity index is 1.51. The van der Waals surface area contributed by atoms with Crippen LogP contribution in [0.5, 0.6) is 0 Å². The molecule has 1 amide bonds. The summed E-state index contributed by atoms with van der Waals surface area (Å²) in [5.74, 6) is 0.624. The number of aromatic nitrogens is 4. The van der Waals surface area contributed by atoms with E-state index in [1.54, 1.807) is 6.33 Å². The molecule has 0 aliphatic carbocycles. The van der Waals surface area contributed by atoms with E-state index >= 15 is 0 Å². The topological polar surface area (TPSA) is 70.1 Å². The van der Waals surface area contributed by atoms with Crippen molar-refractivity contribution in [2.24, 2.45) is 5.92 Å². The lowest BCUT2D eigenvalue weighted by atomic mass is 9.94. The number of carbonyl (C=O) groups excluding carboxylic acids is 1. The number of piperidine rings is 1. The van der Waals surface area contributed by atoms with Gasteiger partial charge in [-0.15, -0.1) is 0 Å². The van der Waals surface area contributed by atoms with Gasteiger partial charge in [0.2, 0.25) is 0 Å². The van der Waals surface area contributed by atoms with Crippen molar-refractivity contribution in [3.8, 4) is 0 Å². The average Bonchev–Trinajstić information content (AvgIpc) is 3.08. The van der Waals surface area contributed by atoms with Gasteiger partial charge in [-0.2, -0.15) is 5.10 Å². The molecule has 5 rings (SSSR count). The lowest BCUT2D eigenvalue weighted by Crippen LogP contribution is -2.47. The molecule has 26 heavy (non-hydrogen) atoms. The molecule has 2 atom stereocenters. The second-order valence-electron chi connectivity index (χ2n) is 7.71. The normalized spacial score (nSPS) is 23.4. The first-order chi connectivity index (χ1) is 12.5. The van der Waals surface area contributed by atoms with Crippen LogP contribution in [0.4, 0.5) is 0 Å². The predicted octanol–water partition coefficient (Wildman–Crippen LogP) is 1.98. The summed E-state index contributed by atoms with van der Waals surface area (Å²) in [6.07, 6.45) is 4.05. The summed E-state index contributed by atoms with van der Waals surface area (Å²) in [5, 5.41) is 4.51. The number of fused-ring (bicyclic) bond motifs is 4. The van der Waals surface area contributed by atoms with Gasteiger partial charge >= 0.3 is 0 Å². The first-order valence-electron chi connectivity index (χ1n) is 9.61. The average molecular weight is 356 g/mol. The molecule has 7 nitrogen and oxygen atoms in total. The molecule has 2 aromatic heterocycles. The highest BCUT2D eigenvalue weighted by Crippen LogP contribution is 2.30. The van der Waals surface area contributed by atoms with E-state index in [9.17, 15) is 4.79 Å². The minimum absolute atomic E-state index is 0.0906. The Morgan fingerprint density at radius 1 is 1.27 bits per heavy atom. The third-order valence-corrected chi connectivity index (χ3v) is 5.86. The quantitative estimate of drug-likeness (QED) is 0.909. The third-order valence-electron chi connectivity index (χ3n) is 5.86. The standard InChI is InChI=1S/C19H28N6O/c1-4-25-13(2)7-17(22-25)19(26)24-9-15-5-6-16(24)10-23(8-15)11-18-14(3)20-12-21-18/h7,12,15-16H,4-6,8-11H2,1-3H3,(H,20,21)/t15-,16+/m0/s1. The van der Waals surface area contributed by atoms with Gasteiger partial charge in [-0.3, -0.25) is 14.4 Å². The molecule has 0 unspecified atom stereocenters. The summed E-state index contributed by atoms with van der Waals surface area (Å²) >= 11 is 0. The van der Waals surface area contributed by atoms with Gasteiger partial charge in [-0.1, -0.05) is 0 Å². The van der Waals surface area contributed by atoms with Crippen LogP contribution in [-0.2, 0) is 13.1 Å². The predicted molar refractivity (Wildman–Crippen MR) is 98.8 cm³/mol. The Bertz CT molecular complexity index is 794. The number of rotatable bonds is 4. The first-order valence-corrected chi connectivity index (χ1v) is 9.61. The fraction of sp³-hybridized carbons (Fsp3) is 0.632. The molecule has 5 heterocycles. The Morgan fingerprint density at radius 3 is 2.81 bits per heavy atom. The lowest BCUT2D eigenvalue weighted by Gasteiger charge is -2.35. The highest BCUT2D eigenvalue weighted by atomic mass is 16.2. The summed E-state index contributed by atoms with van der Waals surface area (Å²) in [7, 11) is 0. The fourth-order valence-electron chi connectivity index (χ4n) is 4.40. The van der Waals surface area contributed by atoms with Crippen LogP contribution < -0.4 is 0 Å². The second kappa shape index (κ2) is 6.87. The lowest BCUT2D eigenvalue weighted by molar-refractivity contribution is 0.0578. The smallest absolute Gasteiger partial charge is 0.274 e. The molecule has 2 aromatic rings. The molecule has 0 saturated carbocycles. The highest BCUT2D eigenvalue weighted by molar-refractivity contribution is 5.92. The van der Waals surface area contributed by atoms with E-state index in [0.29, 0.717) is 11.6 Å². The van der Waals surface area contributed by atoms with Gasteiger partial charge in [0, 0.05) is 50.2 Å².